The van der Waals surface area contributed by atoms with Crippen molar-refractivity contribution < 1.29 is 18.7 Å². The Morgan fingerprint density at radius 2 is 1.78 bits per heavy atom. The van der Waals surface area contributed by atoms with E-state index >= 15 is 0 Å². The van der Waals surface area contributed by atoms with Crippen molar-refractivity contribution in [1.29, 1.82) is 0 Å². The maximum Gasteiger partial charge on any atom is 0.414 e. The smallest absolute Gasteiger partial charge is 0.414 e. The van der Waals surface area contributed by atoms with E-state index in [1.807, 2.05) is 18.2 Å². The fourth-order valence-electron chi connectivity index (χ4n) is 3.79. The van der Waals surface area contributed by atoms with Gasteiger partial charge in [-0.2, -0.15) is 0 Å². The Kier molecular flexibility index (Phi) is 7.78. The molecule has 0 aliphatic carbocycles. The van der Waals surface area contributed by atoms with Gasteiger partial charge in [0, 0.05) is 18.3 Å². The highest BCUT2D eigenvalue weighted by Crippen LogP contribution is 2.27. The predicted octanol–water partition coefficient (Wildman–Crippen LogP) is 4.47. The maximum atomic E-state index is 15.0. The molecule has 4 rings (SSSR count). The third-order valence-corrected chi connectivity index (χ3v) is 5.94. The third-order valence-electron chi connectivity index (χ3n) is 5.79. The van der Waals surface area contributed by atoms with Crippen molar-refractivity contribution in [2.75, 3.05) is 35.3 Å². The van der Waals surface area contributed by atoms with E-state index in [0.717, 1.165) is 0 Å². The zero-order valence-corrected chi connectivity index (χ0v) is 21.0. The highest BCUT2D eigenvalue weighted by Gasteiger charge is 2.32. The molecule has 1 heterocycles. The Morgan fingerprint density at radius 3 is 2.49 bits per heavy atom. The molecule has 0 bridgehead atoms. The SMILES string of the molecule is CC(=S)NC[C@H]1CN(c2ccc(Nc3ccc(C(=O)N(C)c4ccccc4)ccc3=O)c(F)c2)C(=O)O1. The van der Waals surface area contributed by atoms with Gasteiger partial charge in [0.15, 0.2) is 0 Å². The second kappa shape index (κ2) is 11.2. The summed E-state index contributed by atoms with van der Waals surface area (Å²) in [6.07, 6.45) is -1.00. The molecule has 3 aromatic rings. The number of carbonyl (C=O) groups is 2. The number of amides is 2. The van der Waals surface area contributed by atoms with E-state index in [0.29, 0.717) is 28.5 Å². The number of rotatable bonds is 7. The lowest BCUT2D eigenvalue weighted by molar-refractivity contribution is 0.0993. The highest BCUT2D eigenvalue weighted by molar-refractivity contribution is 7.80. The first-order chi connectivity index (χ1) is 17.7. The van der Waals surface area contributed by atoms with Gasteiger partial charge in [-0.05, 0) is 61.5 Å². The molecule has 1 fully saturated rings. The summed E-state index contributed by atoms with van der Waals surface area (Å²) in [6.45, 7) is 2.34. The van der Waals surface area contributed by atoms with Gasteiger partial charge in [0.05, 0.1) is 35.1 Å². The van der Waals surface area contributed by atoms with Crippen LogP contribution in [0.1, 0.15) is 17.3 Å². The number of cyclic esters (lactones) is 1. The topological polar surface area (TPSA) is 91.0 Å². The first kappa shape index (κ1) is 25.8. The van der Waals surface area contributed by atoms with Crippen LogP contribution in [-0.2, 0) is 4.74 Å². The quantitative estimate of drug-likeness (QED) is 0.444. The van der Waals surface area contributed by atoms with E-state index in [-0.39, 0.29) is 23.8 Å². The van der Waals surface area contributed by atoms with Crippen molar-refractivity contribution in [3.8, 4) is 0 Å². The van der Waals surface area contributed by atoms with E-state index < -0.39 is 23.4 Å². The van der Waals surface area contributed by atoms with Crippen molar-refractivity contribution in [2.45, 2.75) is 13.0 Å². The van der Waals surface area contributed by atoms with Crippen molar-refractivity contribution >= 4 is 52.0 Å². The van der Waals surface area contributed by atoms with Crippen molar-refractivity contribution in [3.63, 3.8) is 0 Å². The number of ether oxygens (including phenoxy) is 1. The number of thiocarbonyl (C=S) groups is 1. The van der Waals surface area contributed by atoms with Crippen LogP contribution < -0.4 is 25.9 Å². The molecule has 0 unspecified atom stereocenters. The molecule has 2 amide bonds. The minimum atomic E-state index is -0.660. The minimum absolute atomic E-state index is 0.0449. The molecule has 1 aliphatic heterocycles. The molecule has 10 heteroatoms. The second-order valence-electron chi connectivity index (χ2n) is 8.44. The van der Waals surface area contributed by atoms with E-state index in [1.54, 1.807) is 32.2 Å². The molecule has 37 heavy (non-hydrogen) atoms. The molecular weight excluding hydrogens is 495 g/mol. The molecule has 3 aromatic carbocycles. The molecule has 0 radical (unpaired) electrons. The average Bonchev–Trinajstić information content (AvgIpc) is 3.17. The van der Waals surface area contributed by atoms with Crippen molar-refractivity contribution in [3.05, 3.63) is 94.4 Å². The molecular formula is C27H25FN4O4S. The Balaban J connectivity index is 1.49. The van der Waals surface area contributed by atoms with Crippen LogP contribution in [0.5, 0.6) is 0 Å². The number of benzene rings is 2. The van der Waals surface area contributed by atoms with Crippen LogP contribution in [-0.4, -0.2) is 43.2 Å². The fraction of sp³-hybridized carbons (Fsp3) is 0.185. The zero-order chi connectivity index (χ0) is 26.5. The number of para-hydroxylation sites is 1. The van der Waals surface area contributed by atoms with E-state index in [4.69, 9.17) is 17.0 Å². The number of halogens is 1. The lowest BCUT2D eigenvalue weighted by Gasteiger charge is -2.16. The van der Waals surface area contributed by atoms with Gasteiger partial charge in [-0.1, -0.05) is 30.4 Å². The number of nitrogens with zero attached hydrogens (tertiary/aromatic N) is 2. The van der Waals surface area contributed by atoms with Gasteiger partial charge in [0.1, 0.15) is 11.9 Å². The fourth-order valence-corrected chi connectivity index (χ4v) is 3.87. The summed E-state index contributed by atoms with van der Waals surface area (Å²) in [4.78, 5) is 41.2. The molecule has 0 aromatic heterocycles. The lowest BCUT2D eigenvalue weighted by Crippen LogP contribution is -2.32. The maximum absolute atomic E-state index is 15.0. The number of carbonyl (C=O) groups excluding carboxylic acids is 2. The normalized spacial score (nSPS) is 14.6. The highest BCUT2D eigenvalue weighted by atomic mass is 32.1. The monoisotopic (exact) mass is 520 g/mol. The molecule has 190 valence electrons. The van der Waals surface area contributed by atoms with Gasteiger partial charge in [-0.3, -0.25) is 14.5 Å². The molecule has 1 saturated heterocycles. The molecule has 0 saturated carbocycles. The number of anilines is 4. The van der Waals surface area contributed by atoms with E-state index in [1.165, 1.54) is 46.2 Å². The Bertz CT molecular complexity index is 1400. The number of hydrogen-bond acceptors (Lipinski definition) is 6. The molecule has 1 aliphatic rings. The van der Waals surface area contributed by atoms with Gasteiger partial charge in [-0.15, -0.1) is 0 Å². The lowest BCUT2D eigenvalue weighted by atomic mass is 10.2. The summed E-state index contributed by atoms with van der Waals surface area (Å²) in [5, 5.41) is 5.74. The summed E-state index contributed by atoms with van der Waals surface area (Å²) in [5.41, 5.74) is 1.05. The predicted molar refractivity (Wildman–Crippen MR) is 145 cm³/mol. The average molecular weight is 521 g/mol. The van der Waals surface area contributed by atoms with Gasteiger partial charge >= 0.3 is 6.09 Å². The Morgan fingerprint density at radius 1 is 1.08 bits per heavy atom. The standard InChI is InChI=1S/C27H25FN4O4S/c1-17(37)29-15-21-16-32(27(35)36-21)20-10-12-23(22(28)14-20)30-24-11-8-18(9-13-25(24)33)26(34)31(2)19-6-4-3-5-7-19/h3-14,21H,15-16H2,1-2H3,(H,29,37)(H,30,33)/t21-/m0/s1. The summed E-state index contributed by atoms with van der Waals surface area (Å²) < 4.78 is 20.3. The number of nitrogens with one attached hydrogen (secondary N) is 2. The van der Waals surface area contributed by atoms with Gasteiger partial charge in [0.25, 0.3) is 5.91 Å². The van der Waals surface area contributed by atoms with Gasteiger partial charge in [0.2, 0.25) is 5.43 Å². The number of hydrogen-bond donors (Lipinski definition) is 2. The molecule has 1 atom stereocenters. The molecule has 8 nitrogen and oxygen atoms in total. The first-order valence-electron chi connectivity index (χ1n) is 11.5. The van der Waals surface area contributed by atoms with E-state index in [2.05, 4.69) is 10.6 Å². The summed E-state index contributed by atoms with van der Waals surface area (Å²) in [6, 6.07) is 18.9. The van der Waals surface area contributed by atoms with Crippen molar-refractivity contribution in [2.24, 2.45) is 0 Å². The largest absolute Gasteiger partial charge is 0.442 e. The summed E-state index contributed by atoms with van der Waals surface area (Å²) in [7, 11) is 1.65. The van der Waals surface area contributed by atoms with Crippen LogP contribution in [0.25, 0.3) is 0 Å². The van der Waals surface area contributed by atoms with Gasteiger partial charge < -0.3 is 20.3 Å². The van der Waals surface area contributed by atoms with Crippen LogP contribution in [0.2, 0.25) is 0 Å². The molecule has 0 spiro atoms. The first-order valence-corrected chi connectivity index (χ1v) is 11.9. The van der Waals surface area contributed by atoms with Crippen LogP contribution >= 0.6 is 12.2 Å². The minimum Gasteiger partial charge on any atom is -0.442 e. The van der Waals surface area contributed by atoms with Crippen LogP contribution in [0.15, 0.2) is 77.6 Å². The van der Waals surface area contributed by atoms with Crippen LogP contribution in [0, 0.1) is 5.82 Å². The van der Waals surface area contributed by atoms with E-state index in [9.17, 15) is 18.8 Å². The molecule has 2 N–H and O–H groups in total. The Hall–Kier alpha value is -4.31. The summed E-state index contributed by atoms with van der Waals surface area (Å²) in [5.74, 6) is -0.956. The Labute approximate surface area is 218 Å². The third kappa shape index (κ3) is 6.10. The summed E-state index contributed by atoms with van der Waals surface area (Å²) >= 11 is 4.97. The van der Waals surface area contributed by atoms with Crippen LogP contribution in [0.4, 0.5) is 31.9 Å². The van der Waals surface area contributed by atoms with Crippen LogP contribution in [0.3, 0.4) is 0 Å². The van der Waals surface area contributed by atoms with Gasteiger partial charge in [-0.25, -0.2) is 9.18 Å². The second-order valence-corrected chi connectivity index (χ2v) is 9.05. The van der Waals surface area contributed by atoms with Crippen molar-refractivity contribution in [1.82, 2.24) is 5.32 Å². The zero-order valence-electron chi connectivity index (χ0n) is 20.2.